The molecule has 0 aliphatic rings. The molecule has 0 radical (unpaired) electrons. The van der Waals surface area contributed by atoms with E-state index >= 15 is 0 Å². The smallest absolute Gasteiger partial charge is 0.00231 e. The lowest BCUT2D eigenvalue weighted by Crippen LogP contribution is -1.95. The van der Waals surface area contributed by atoms with Crippen molar-refractivity contribution in [1.82, 2.24) is 0 Å². The second-order valence-corrected chi connectivity index (χ2v) is 39.5. The first kappa shape index (κ1) is 101. The number of rotatable bonds is 24. The molecule has 0 aromatic heterocycles. The maximum atomic E-state index is 2.34. The van der Waals surface area contributed by atoms with E-state index in [9.17, 15) is 0 Å². The van der Waals surface area contributed by atoms with E-state index in [2.05, 4.69) is 525 Å². The van der Waals surface area contributed by atoms with Crippen LogP contribution in [-0.4, -0.2) is 0 Å². The quantitative estimate of drug-likeness (QED) is 0.0566. The summed E-state index contributed by atoms with van der Waals surface area (Å²) in [7, 11) is 0. The van der Waals surface area contributed by atoms with Crippen LogP contribution < -0.4 is 0 Å². The van der Waals surface area contributed by atoms with Crippen molar-refractivity contribution in [2.75, 3.05) is 0 Å². The van der Waals surface area contributed by atoms with Gasteiger partial charge in [-0.1, -0.05) is 456 Å². The van der Waals surface area contributed by atoms with Crippen LogP contribution in [0.5, 0.6) is 0 Å². The van der Waals surface area contributed by atoms with Gasteiger partial charge in [-0.2, -0.15) is 0 Å². The molecule has 18 aromatic carbocycles. The van der Waals surface area contributed by atoms with Gasteiger partial charge in [-0.15, -0.1) is 0 Å². The van der Waals surface area contributed by atoms with Gasteiger partial charge < -0.3 is 0 Å². The van der Waals surface area contributed by atoms with Crippen molar-refractivity contribution < 1.29 is 0 Å². The van der Waals surface area contributed by atoms with Crippen LogP contribution in [0.3, 0.4) is 0 Å². The number of aryl methyl sites for hydroxylation is 18. The fourth-order valence-corrected chi connectivity index (χ4v) is 17.6. The third-order valence-corrected chi connectivity index (χ3v) is 26.9. The molecule has 0 heteroatoms. The van der Waals surface area contributed by atoms with Gasteiger partial charge in [0.15, 0.2) is 0 Å². The SMILES string of the molecule is Cc1ccc(Cc2ccc(Cc3ccc(C)c(C)c3)cc2)cc1.Cc1ccc(Cc2ccc(Cc3ccc(C)c(C)c3)cc2)cc1.Cc1ccc(Cc2ccc(Cc3ccc(C)cc3)c(C)c2)cc1.Cc1ccc(Cc2ccc(Cc3ccc(C)cc3)c(C)c2)cc1.Cc1ccc(Cc2ccc(Cc3ccc(C)cc3C)cc2)cc1.Cc1ccc(Cc2ccc(Cc3ccc(C)cc3C)cc2)cc1. The minimum Gasteiger partial charge on any atom is -0.0590 e. The van der Waals surface area contributed by atoms with Crippen LogP contribution in [0.1, 0.15) is 234 Å². The third-order valence-electron chi connectivity index (χ3n) is 26.9. The standard InChI is InChI=1S/6C23H24/c2*1-17-4-8-20(9-5-17)15-22-12-13-23(19(3)14-22)16-21-10-6-18(2)7-11-21;2*1-17-4-7-20(8-5-17)15-21-9-11-22(12-10-21)16-23-13-6-18(2)14-19(23)3;2*1-17-4-7-20(8-5-17)15-21-10-12-22(13-11-21)16-23-9-6-18(2)19(3)14-23/h6*4-14H,15-16H2,1-3H3. The topological polar surface area (TPSA) is 0 Å². The predicted molar refractivity (Wildman–Crippen MR) is 595 cm³/mol. The Labute approximate surface area is 829 Å². The van der Waals surface area contributed by atoms with E-state index in [0.29, 0.717) is 0 Å². The third kappa shape index (κ3) is 33.2. The molecule has 18 rings (SSSR count). The molecule has 0 aliphatic heterocycles. The molecular weight excluding hydrogens is 1660 g/mol. The molecule has 0 amide bonds. The summed E-state index contributed by atoms with van der Waals surface area (Å²) in [6, 6.07) is 148. The van der Waals surface area contributed by atoms with Crippen LogP contribution in [0, 0.1) is 125 Å². The van der Waals surface area contributed by atoms with Crippen molar-refractivity contribution in [1.29, 1.82) is 0 Å². The zero-order valence-corrected chi connectivity index (χ0v) is 85.6. The fourth-order valence-electron chi connectivity index (χ4n) is 17.6. The number of hydrogen-bond acceptors (Lipinski definition) is 0. The maximum absolute atomic E-state index is 2.34. The van der Waals surface area contributed by atoms with Gasteiger partial charge in [0.25, 0.3) is 0 Å². The van der Waals surface area contributed by atoms with Gasteiger partial charge in [0, 0.05) is 0 Å². The molecule has 0 saturated carbocycles. The summed E-state index contributed by atoms with van der Waals surface area (Å²) >= 11 is 0. The summed E-state index contributed by atoms with van der Waals surface area (Å²) in [5, 5.41) is 0. The van der Waals surface area contributed by atoms with Gasteiger partial charge in [0.05, 0.1) is 0 Å². The van der Waals surface area contributed by atoms with Crippen LogP contribution in [0.2, 0.25) is 0 Å². The zero-order chi connectivity index (χ0) is 97.4. The summed E-state index contributed by atoms with van der Waals surface area (Å²) in [5.74, 6) is 0. The first-order valence-corrected chi connectivity index (χ1v) is 49.8. The minimum atomic E-state index is 1.00. The molecule has 0 bridgehead atoms. The van der Waals surface area contributed by atoms with Crippen LogP contribution in [0.25, 0.3) is 0 Å². The molecule has 0 fully saturated rings. The molecule has 0 atom stereocenters. The van der Waals surface area contributed by atoms with Crippen molar-refractivity contribution in [2.45, 2.75) is 202 Å². The lowest BCUT2D eigenvalue weighted by atomic mass is 9.96. The highest BCUT2D eigenvalue weighted by atomic mass is 14.2. The second-order valence-electron chi connectivity index (χ2n) is 39.5. The Balaban J connectivity index is 0.000000140. The first-order chi connectivity index (χ1) is 66.6. The number of benzene rings is 18. The summed E-state index contributed by atoms with van der Waals surface area (Å²) < 4.78 is 0. The highest BCUT2D eigenvalue weighted by molar-refractivity contribution is 5.46. The lowest BCUT2D eigenvalue weighted by Gasteiger charge is -2.10. The monoisotopic (exact) mass is 1800 g/mol. The molecule has 138 heavy (non-hydrogen) atoms. The van der Waals surface area contributed by atoms with Gasteiger partial charge in [0.2, 0.25) is 0 Å². The summed E-state index contributed by atoms with van der Waals surface area (Å²) in [5.41, 5.74) is 57.4. The average Bonchev–Trinajstić information content (AvgIpc) is 0.838. The Hall–Kier alpha value is -14.0. The van der Waals surface area contributed by atoms with Crippen LogP contribution in [0.15, 0.2) is 400 Å². The molecular formula is C138H144. The summed E-state index contributed by atoms with van der Waals surface area (Å²) in [6.07, 6.45) is 12.1. The Morgan fingerprint density at radius 2 is 0.203 bits per heavy atom. The Morgan fingerprint density at radius 1 is 0.0870 bits per heavy atom. The zero-order valence-electron chi connectivity index (χ0n) is 85.6. The molecule has 0 spiro atoms. The molecule has 0 aliphatic carbocycles. The lowest BCUT2D eigenvalue weighted by molar-refractivity contribution is 1.12. The van der Waals surface area contributed by atoms with Gasteiger partial charge in [0.1, 0.15) is 0 Å². The summed E-state index contributed by atoms with van der Waals surface area (Å²) in [4.78, 5) is 0. The largest absolute Gasteiger partial charge is 0.0590 e. The Morgan fingerprint density at radius 3 is 0.362 bits per heavy atom. The van der Waals surface area contributed by atoms with Gasteiger partial charge in [-0.25, -0.2) is 0 Å². The Bertz CT molecular complexity index is 6420. The van der Waals surface area contributed by atoms with E-state index in [1.165, 1.54) is 234 Å². The van der Waals surface area contributed by atoms with Gasteiger partial charge >= 0.3 is 0 Å². The van der Waals surface area contributed by atoms with E-state index in [4.69, 9.17) is 0 Å². The van der Waals surface area contributed by atoms with E-state index in [1.54, 1.807) is 0 Å². The molecule has 0 N–H and O–H groups in total. The second kappa shape index (κ2) is 50.7. The summed E-state index contributed by atoms with van der Waals surface area (Å²) in [6.45, 7) is 38.9. The van der Waals surface area contributed by atoms with E-state index in [-0.39, 0.29) is 0 Å². The van der Waals surface area contributed by atoms with Crippen molar-refractivity contribution >= 4 is 0 Å². The van der Waals surface area contributed by atoms with Crippen LogP contribution in [-0.2, 0) is 77.0 Å². The van der Waals surface area contributed by atoms with E-state index in [1.807, 2.05) is 0 Å². The number of hydrogen-bond donors (Lipinski definition) is 0. The molecule has 0 nitrogen and oxygen atoms in total. The highest BCUT2D eigenvalue weighted by Crippen LogP contribution is 2.27. The van der Waals surface area contributed by atoms with Gasteiger partial charge in [-0.3, -0.25) is 0 Å². The van der Waals surface area contributed by atoms with E-state index in [0.717, 1.165) is 77.0 Å². The van der Waals surface area contributed by atoms with Crippen molar-refractivity contribution in [3.63, 3.8) is 0 Å². The van der Waals surface area contributed by atoms with Crippen molar-refractivity contribution in [3.05, 3.63) is 634 Å². The fraction of sp³-hybridized carbons (Fsp3) is 0.217. The van der Waals surface area contributed by atoms with Crippen molar-refractivity contribution in [2.24, 2.45) is 0 Å². The first-order valence-electron chi connectivity index (χ1n) is 49.8. The van der Waals surface area contributed by atoms with Crippen LogP contribution >= 0.6 is 0 Å². The molecule has 0 unspecified atom stereocenters. The maximum Gasteiger partial charge on any atom is -0.00231 e. The Kier molecular flexibility index (Phi) is 37.2. The van der Waals surface area contributed by atoms with Crippen LogP contribution in [0.4, 0.5) is 0 Å². The molecule has 696 valence electrons. The van der Waals surface area contributed by atoms with E-state index < -0.39 is 0 Å². The predicted octanol–water partition coefficient (Wildman–Crippen LogP) is 34.8. The molecule has 0 heterocycles. The molecule has 18 aromatic rings. The van der Waals surface area contributed by atoms with Gasteiger partial charge in [-0.05, 0) is 380 Å². The highest BCUT2D eigenvalue weighted by Gasteiger charge is 2.12. The van der Waals surface area contributed by atoms with Crippen molar-refractivity contribution in [3.8, 4) is 0 Å². The normalized spacial score (nSPS) is 10.7. The minimum absolute atomic E-state index is 1.00. The average molecular weight is 1800 g/mol. The molecule has 0 saturated heterocycles.